The molecule has 0 spiro atoms. The molecule has 1 rings (SSSR count). The summed E-state index contributed by atoms with van der Waals surface area (Å²) in [4.78, 5) is 11.2. The molecule has 1 unspecified atom stereocenters. The third kappa shape index (κ3) is 2.88. The molecule has 0 fully saturated rings. The maximum atomic E-state index is 11.2. The largest absolute Gasteiger partial charge is 0.468 e. The molecule has 0 N–H and O–H groups in total. The van der Waals surface area contributed by atoms with E-state index in [1.165, 1.54) is 19.2 Å². The van der Waals surface area contributed by atoms with Crippen molar-refractivity contribution < 1.29 is 13.9 Å². The van der Waals surface area contributed by atoms with Gasteiger partial charge < -0.3 is 13.9 Å². The molecule has 1 atom stereocenters. The molecule has 0 amide bonds. The minimum atomic E-state index is -0.119. The van der Waals surface area contributed by atoms with Crippen LogP contribution in [-0.2, 0) is 11.2 Å². The van der Waals surface area contributed by atoms with Crippen LogP contribution < -0.4 is 10.2 Å². The molecule has 0 saturated heterocycles. The van der Waals surface area contributed by atoms with Crippen molar-refractivity contribution in [1.29, 1.82) is 0 Å². The normalized spacial score (nSPS) is 12.5. The van der Waals surface area contributed by atoms with Gasteiger partial charge in [0, 0.05) is 19.6 Å². The minimum absolute atomic E-state index is 0.0188. The lowest BCUT2D eigenvalue weighted by Crippen LogP contribution is -2.11. The van der Waals surface area contributed by atoms with Gasteiger partial charge in [0.15, 0.2) is 5.43 Å². The first-order chi connectivity index (χ1) is 6.65. The highest BCUT2D eigenvalue weighted by Crippen LogP contribution is 2.11. The highest BCUT2D eigenvalue weighted by molar-refractivity contribution is 5.10. The van der Waals surface area contributed by atoms with Gasteiger partial charge in [-0.15, -0.1) is 0 Å². The predicted molar refractivity (Wildman–Crippen MR) is 51.7 cm³/mol. The molecule has 0 aliphatic carbocycles. The second-order valence-corrected chi connectivity index (χ2v) is 3.03. The van der Waals surface area contributed by atoms with Crippen LogP contribution in [0.15, 0.2) is 21.3 Å². The van der Waals surface area contributed by atoms with E-state index in [4.69, 9.17) is 13.9 Å². The standard InChI is InChI=1S/C10H14O4/c1-7(12-2)4-9-5-8(11)6-10(13-3)14-9/h5-7H,4H2,1-3H3. The summed E-state index contributed by atoms with van der Waals surface area (Å²) in [6.45, 7) is 1.90. The lowest BCUT2D eigenvalue weighted by molar-refractivity contribution is 0.112. The Morgan fingerprint density at radius 3 is 2.71 bits per heavy atom. The van der Waals surface area contributed by atoms with E-state index in [1.54, 1.807) is 7.11 Å². The molecule has 4 nitrogen and oxygen atoms in total. The average molecular weight is 198 g/mol. The first kappa shape index (κ1) is 10.8. The molecule has 1 heterocycles. The Kier molecular flexibility index (Phi) is 3.71. The maximum Gasteiger partial charge on any atom is 0.288 e. The summed E-state index contributed by atoms with van der Waals surface area (Å²) < 4.78 is 15.2. The van der Waals surface area contributed by atoms with Crippen LogP contribution in [0.25, 0.3) is 0 Å². The summed E-state index contributed by atoms with van der Waals surface area (Å²) in [5, 5.41) is 0. The highest BCUT2D eigenvalue weighted by atomic mass is 16.6. The first-order valence-electron chi connectivity index (χ1n) is 4.36. The lowest BCUT2D eigenvalue weighted by Gasteiger charge is -2.08. The van der Waals surface area contributed by atoms with E-state index in [0.717, 1.165) is 0 Å². The molecular formula is C10H14O4. The van der Waals surface area contributed by atoms with Crippen molar-refractivity contribution in [2.24, 2.45) is 0 Å². The molecule has 78 valence electrons. The molecule has 0 aliphatic rings. The van der Waals surface area contributed by atoms with Gasteiger partial charge in [0.05, 0.1) is 19.3 Å². The zero-order chi connectivity index (χ0) is 10.6. The third-order valence-corrected chi connectivity index (χ3v) is 1.89. The zero-order valence-corrected chi connectivity index (χ0v) is 8.57. The van der Waals surface area contributed by atoms with Crippen LogP contribution in [0.3, 0.4) is 0 Å². The van der Waals surface area contributed by atoms with Gasteiger partial charge in [-0.05, 0) is 6.92 Å². The fourth-order valence-electron chi connectivity index (χ4n) is 1.07. The van der Waals surface area contributed by atoms with Crippen LogP contribution in [0, 0.1) is 0 Å². The summed E-state index contributed by atoms with van der Waals surface area (Å²) in [5.74, 6) is 0.805. The fourth-order valence-corrected chi connectivity index (χ4v) is 1.07. The van der Waals surface area contributed by atoms with Gasteiger partial charge >= 0.3 is 0 Å². The van der Waals surface area contributed by atoms with Crippen molar-refractivity contribution in [2.45, 2.75) is 19.4 Å². The summed E-state index contributed by atoms with van der Waals surface area (Å²) in [5.41, 5.74) is -0.119. The summed E-state index contributed by atoms with van der Waals surface area (Å²) in [6, 6.07) is 2.75. The van der Waals surface area contributed by atoms with Crippen LogP contribution >= 0.6 is 0 Å². The van der Waals surface area contributed by atoms with Gasteiger partial charge in [-0.25, -0.2) is 0 Å². The van der Waals surface area contributed by atoms with Crippen molar-refractivity contribution in [3.05, 3.63) is 28.1 Å². The van der Waals surface area contributed by atoms with Crippen LogP contribution in [0.4, 0.5) is 0 Å². The predicted octanol–water partition coefficient (Wildman–Crippen LogP) is 1.23. The molecule has 4 heteroatoms. The first-order valence-corrected chi connectivity index (χ1v) is 4.36. The van der Waals surface area contributed by atoms with E-state index in [-0.39, 0.29) is 17.5 Å². The number of hydrogen-bond acceptors (Lipinski definition) is 4. The van der Waals surface area contributed by atoms with Gasteiger partial charge in [-0.2, -0.15) is 0 Å². The summed E-state index contributed by atoms with van der Waals surface area (Å²) in [6.07, 6.45) is 0.577. The quantitative estimate of drug-likeness (QED) is 0.730. The van der Waals surface area contributed by atoms with Crippen LogP contribution in [0.5, 0.6) is 5.95 Å². The summed E-state index contributed by atoms with van der Waals surface area (Å²) in [7, 11) is 3.07. The Bertz CT molecular complexity index is 342. The van der Waals surface area contributed by atoms with Crippen molar-refractivity contribution >= 4 is 0 Å². The second kappa shape index (κ2) is 4.81. The van der Waals surface area contributed by atoms with Crippen molar-refractivity contribution in [2.75, 3.05) is 14.2 Å². The van der Waals surface area contributed by atoms with Gasteiger partial charge in [-0.1, -0.05) is 0 Å². The molecular weight excluding hydrogens is 184 g/mol. The van der Waals surface area contributed by atoms with Crippen molar-refractivity contribution in [3.63, 3.8) is 0 Å². The Balaban J connectivity index is 2.86. The SMILES string of the molecule is COc1cc(=O)cc(CC(C)OC)o1. The molecule has 14 heavy (non-hydrogen) atoms. The van der Waals surface area contributed by atoms with E-state index >= 15 is 0 Å². The summed E-state index contributed by atoms with van der Waals surface area (Å²) >= 11 is 0. The number of methoxy groups -OCH3 is 2. The molecule has 1 aromatic rings. The fraction of sp³-hybridized carbons (Fsp3) is 0.500. The average Bonchev–Trinajstić information content (AvgIpc) is 2.16. The van der Waals surface area contributed by atoms with Gasteiger partial charge in [0.1, 0.15) is 5.76 Å². The topological polar surface area (TPSA) is 48.7 Å². The molecule has 0 aliphatic heterocycles. The van der Waals surface area contributed by atoms with Crippen molar-refractivity contribution in [3.8, 4) is 5.95 Å². The zero-order valence-electron chi connectivity index (χ0n) is 8.57. The molecule has 1 aromatic heterocycles. The van der Waals surface area contributed by atoms with E-state index in [2.05, 4.69) is 0 Å². The molecule has 0 aromatic carbocycles. The van der Waals surface area contributed by atoms with Crippen LogP contribution in [0.2, 0.25) is 0 Å². The Morgan fingerprint density at radius 2 is 2.14 bits per heavy atom. The Hall–Kier alpha value is -1.29. The molecule has 0 bridgehead atoms. The Labute approximate surface area is 82.4 Å². The lowest BCUT2D eigenvalue weighted by atomic mass is 10.2. The van der Waals surface area contributed by atoms with Gasteiger partial charge in [-0.3, -0.25) is 4.79 Å². The smallest absolute Gasteiger partial charge is 0.288 e. The third-order valence-electron chi connectivity index (χ3n) is 1.89. The number of rotatable bonds is 4. The van der Waals surface area contributed by atoms with E-state index in [1.807, 2.05) is 6.92 Å². The van der Waals surface area contributed by atoms with E-state index < -0.39 is 0 Å². The molecule has 0 radical (unpaired) electrons. The number of hydrogen-bond donors (Lipinski definition) is 0. The van der Waals surface area contributed by atoms with E-state index in [0.29, 0.717) is 12.2 Å². The number of ether oxygens (including phenoxy) is 2. The Morgan fingerprint density at radius 1 is 1.43 bits per heavy atom. The van der Waals surface area contributed by atoms with Crippen LogP contribution in [0.1, 0.15) is 12.7 Å². The highest BCUT2D eigenvalue weighted by Gasteiger charge is 2.06. The monoisotopic (exact) mass is 198 g/mol. The van der Waals surface area contributed by atoms with Gasteiger partial charge in [0.25, 0.3) is 5.95 Å². The van der Waals surface area contributed by atoms with Gasteiger partial charge in [0.2, 0.25) is 0 Å². The van der Waals surface area contributed by atoms with Crippen molar-refractivity contribution in [1.82, 2.24) is 0 Å². The second-order valence-electron chi connectivity index (χ2n) is 3.03. The maximum absolute atomic E-state index is 11.2. The van der Waals surface area contributed by atoms with Crippen LogP contribution in [-0.4, -0.2) is 20.3 Å². The minimum Gasteiger partial charge on any atom is -0.468 e. The molecule has 0 saturated carbocycles. The van der Waals surface area contributed by atoms with E-state index in [9.17, 15) is 4.79 Å².